The standard InChI is InChI=1S/C29H26F2N6OS.C2H6/c30-24-13-22(14-25(31)15-24)26-6-7-28(38)37(34-26)18-20-4-3-5-21(12-20)29-32-17-27(39-29)23-16-33-36(19-23)11-10-35-8-1-2-9-35;1-2/h3-7,12-17,19H,1-2,8-11,18H2;1-2H3. The smallest absolute Gasteiger partial charge is 0.267 e. The topological polar surface area (TPSA) is 68.8 Å². The van der Waals surface area contributed by atoms with Gasteiger partial charge in [0.2, 0.25) is 0 Å². The first-order valence-electron chi connectivity index (χ1n) is 13.9. The van der Waals surface area contributed by atoms with Crippen molar-refractivity contribution in [1.29, 1.82) is 0 Å². The number of thiazole rings is 1. The monoisotopic (exact) mass is 574 g/mol. The number of halogens is 2. The SMILES string of the molecule is CC.O=c1ccc(-c2cc(F)cc(F)c2)nn1Cc1cccc(-c2ncc(-c3cnn(CCN4CCCC4)c3)s2)c1. The number of benzene rings is 2. The molecule has 0 aliphatic carbocycles. The zero-order valence-corrected chi connectivity index (χ0v) is 24.0. The van der Waals surface area contributed by atoms with Crippen LogP contribution in [-0.4, -0.2) is 49.1 Å². The zero-order valence-electron chi connectivity index (χ0n) is 23.1. The van der Waals surface area contributed by atoms with Gasteiger partial charge < -0.3 is 4.90 Å². The lowest BCUT2D eigenvalue weighted by Gasteiger charge is -2.13. The van der Waals surface area contributed by atoms with Crippen molar-refractivity contribution in [2.24, 2.45) is 0 Å². The third-order valence-corrected chi connectivity index (χ3v) is 7.89. The van der Waals surface area contributed by atoms with Crippen LogP contribution < -0.4 is 5.56 Å². The fraction of sp³-hybridized carbons (Fsp3) is 0.290. The third-order valence-electron chi connectivity index (χ3n) is 6.80. The van der Waals surface area contributed by atoms with Crippen LogP contribution in [0.15, 0.2) is 78.0 Å². The van der Waals surface area contributed by atoms with Crippen molar-refractivity contribution in [2.45, 2.75) is 39.8 Å². The highest BCUT2D eigenvalue weighted by Crippen LogP contribution is 2.32. The van der Waals surface area contributed by atoms with Crippen molar-refractivity contribution in [1.82, 2.24) is 29.4 Å². The molecule has 4 heterocycles. The van der Waals surface area contributed by atoms with E-state index in [1.165, 1.54) is 54.9 Å². The summed E-state index contributed by atoms with van der Waals surface area (Å²) in [7, 11) is 0. The van der Waals surface area contributed by atoms with Gasteiger partial charge >= 0.3 is 0 Å². The lowest BCUT2D eigenvalue weighted by atomic mass is 10.1. The van der Waals surface area contributed by atoms with Gasteiger partial charge in [0.25, 0.3) is 5.56 Å². The minimum absolute atomic E-state index is 0.209. The molecule has 0 saturated carbocycles. The van der Waals surface area contributed by atoms with Crippen molar-refractivity contribution in [3.63, 3.8) is 0 Å². The molecule has 0 spiro atoms. The molecule has 7 nitrogen and oxygen atoms in total. The fourth-order valence-electron chi connectivity index (χ4n) is 4.80. The Labute approximate surface area is 241 Å². The van der Waals surface area contributed by atoms with Crippen LogP contribution in [0.25, 0.3) is 32.3 Å². The first-order valence-corrected chi connectivity index (χ1v) is 14.7. The molecule has 2 aromatic carbocycles. The van der Waals surface area contributed by atoms with Crippen LogP contribution in [0.4, 0.5) is 8.78 Å². The summed E-state index contributed by atoms with van der Waals surface area (Å²) < 4.78 is 30.7. The molecule has 0 N–H and O–H groups in total. The van der Waals surface area contributed by atoms with Crippen LogP contribution in [0.3, 0.4) is 0 Å². The summed E-state index contributed by atoms with van der Waals surface area (Å²) in [6.45, 7) is 8.45. The Kier molecular flexibility index (Phi) is 9.11. The summed E-state index contributed by atoms with van der Waals surface area (Å²) in [5, 5.41) is 9.75. The predicted molar refractivity (Wildman–Crippen MR) is 159 cm³/mol. The molecular weight excluding hydrogens is 542 g/mol. The minimum Gasteiger partial charge on any atom is -0.301 e. The van der Waals surface area contributed by atoms with E-state index < -0.39 is 11.6 Å². The Morgan fingerprint density at radius 3 is 2.44 bits per heavy atom. The summed E-state index contributed by atoms with van der Waals surface area (Å²) >= 11 is 1.59. The molecule has 1 fully saturated rings. The van der Waals surface area contributed by atoms with Gasteiger partial charge in [0.1, 0.15) is 16.6 Å². The van der Waals surface area contributed by atoms with E-state index in [1.54, 1.807) is 11.3 Å². The Morgan fingerprint density at radius 1 is 0.878 bits per heavy atom. The molecule has 0 atom stereocenters. The van der Waals surface area contributed by atoms with Crippen molar-refractivity contribution in [3.05, 3.63) is 101 Å². The summed E-state index contributed by atoms with van der Waals surface area (Å²) in [6, 6.07) is 13.8. The van der Waals surface area contributed by atoms with E-state index in [0.717, 1.165) is 45.7 Å². The Morgan fingerprint density at radius 2 is 1.66 bits per heavy atom. The molecular formula is C31H32F2N6OS. The van der Waals surface area contributed by atoms with Crippen molar-refractivity contribution in [3.8, 4) is 32.3 Å². The van der Waals surface area contributed by atoms with Crippen molar-refractivity contribution < 1.29 is 8.78 Å². The number of rotatable bonds is 8. The first kappa shape index (κ1) is 28.5. The van der Waals surface area contributed by atoms with Crippen LogP contribution in [0.2, 0.25) is 0 Å². The van der Waals surface area contributed by atoms with Crippen LogP contribution in [-0.2, 0) is 13.1 Å². The van der Waals surface area contributed by atoms with Crippen molar-refractivity contribution in [2.75, 3.05) is 19.6 Å². The van der Waals surface area contributed by atoms with Crippen LogP contribution in [0.1, 0.15) is 32.3 Å². The van der Waals surface area contributed by atoms with Gasteiger partial charge in [-0.15, -0.1) is 11.3 Å². The lowest BCUT2D eigenvalue weighted by molar-refractivity contribution is 0.316. The Hall–Kier alpha value is -4.02. The van der Waals surface area contributed by atoms with E-state index in [2.05, 4.69) is 26.3 Å². The van der Waals surface area contributed by atoms with Crippen molar-refractivity contribution >= 4 is 11.3 Å². The number of aromatic nitrogens is 5. The second kappa shape index (κ2) is 13.1. The molecule has 6 rings (SSSR count). The van der Waals surface area contributed by atoms with E-state index in [-0.39, 0.29) is 17.7 Å². The second-order valence-corrected chi connectivity index (χ2v) is 10.7. The number of likely N-dealkylation sites (tertiary alicyclic amines) is 1. The molecule has 1 aliphatic rings. The Bertz CT molecular complexity index is 1650. The quantitative estimate of drug-likeness (QED) is 0.216. The fourth-order valence-corrected chi connectivity index (χ4v) is 5.68. The summed E-state index contributed by atoms with van der Waals surface area (Å²) in [5.41, 5.74) is 3.11. The maximum Gasteiger partial charge on any atom is 0.267 e. The zero-order chi connectivity index (χ0) is 28.8. The highest BCUT2D eigenvalue weighted by Gasteiger charge is 2.13. The molecule has 41 heavy (non-hydrogen) atoms. The molecule has 1 aliphatic heterocycles. The third kappa shape index (κ3) is 7.01. The van der Waals surface area contributed by atoms with Crippen LogP contribution in [0.5, 0.6) is 0 Å². The lowest BCUT2D eigenvalue weighted by Crippen LogP contribution is -2.24. The van der Waals surface area contributed by atoms with Gasteiger partial charge in [-0.3, -0.25) is 9.48 Å². The van der Waals surface area contributed by atoms with Gasteiger partial charge in [-0.05, 0) is 55.8 Å². The van der Waals surface area contributed by atoms with Crippen LogP contribution >= 0.6 is 11.3 Å². The molecule has 10 heteroatoms. The molecule has 0 bridgehead atoms. The van der Waals surface area contributed by atoms with Gasteiger partial charge in [0, 0.05) is 47.8 Å². The summed E-state index contributed by atoms with van der Waals surface area (Å²) in [5.74, 6) is -1.40. The molecule has 212 valence electrons. The summed E-state index contributed by atoms with van der Waals surface area (Å²) in [4.78, 5) is 20.7. The maximum absolute atomic E-state index is 13.7. The second-order valence-electron chi connectivity index (χ2n) is 9.64. The van der Waals surface area contributed by atoms with Crippen LogP contribution in [0, 0.1) is 11.6 Å². The van der Waals surface area contributed by atoms with Gasteiger partial charge in [-0.25, -0.2) is 18.4 Å². The normalized spacial score (nSPS) is 13.3. The van der Waals surface area contributed by atoms with Gasteiger partial charge in [0.15, 0.2) is 0 Å². The highest BCUT2D eigenvalue weighted by molar-refractivity contribution is 7.18. The molecule has 0 unspecified atom stereocenters. The number of hydrogen-bond donors (Lipinski definition) is 0. The molecule has 5 aromatic rings. The largest absolute Gasteiger partial charge is 0.301 e. The summed E-state index contributed by atoms with van der Waals surface area (Å²) in [6.07, 6.45) is 8.38. The minimum atomic E-state index is -0.700. The number of hydrogen-bond acceptors (Lipinski definition) is 6. The van der Waals surface area contributed by atoms with Gasteiger partial charge in [-0.1, -0.05) is 32.0 Å². The molecule has 3 aromatic heterocycles. The average molecular weight is 575 g/mol. The molecule has 0 amide bonds. The van der Waals surface area contributed by atoms with E-state index in [4.69, 9.17) is 0 Å². The number of nitrogens with zero attached hydrogens (tertiary/aromatic N) is 6. The predicted octanol–water partition coefficient (Wildman–Crippen LogP) is 6.35. The van der Waals surface area contributed by atoms with E-state index in [0.29, 0.717) is 5.69 Å². The highest BCUT2D eigenvalue weighted by atomic mass is 32.1. The van der Waals surface area contributed by atoms with Gasteiger partial charge in [0.05, 0.1) is 29.9 Å². The van der Waals surface area contributed by atoms with E-state index in [9.17, 15) is 13.6 Å². The van der Waals surface area contributed by atoms with E-state index >= 15 is 0 Å². The average Bonchev–Trinajstić information content (AvgIpc) is 3.76. The maximum atomic E-state index is 13.7. The molecule has 0 radical (unpaired) electrons. The van der Waals surface area contributed by atoms with E-state index in [1.807, 2.05) is 55.2 Å². The first-order chi connectivity index (χ1) is 20.0. The van der Waals surface area contributed by atoms with Gasteiger partial charge in [-0.2, -0.15) is 10.2 Å². The molecule has 1 saturated heterocycles. The Balaban J connectivity index is 0.00000165.